The number of aryl methyl sites for hydroxylation is 1. The zero-order valence-corrected chi connectivity index (χ0v) is 10.2. The molecular formula is C12H13ClO3. The number of halogens is 1. The second-order valence-corrected chi connectivity index (χ2v) is 3.65. The minimum absolute atomic E-state index is 0.374. The van der Waals surface area contributed by atoms with Crippen LogP contribution in [0.3, 0.4) is 0 Å². The van der Waals surface area contributed by atoms with Crippen molar-refractivity contribution in [2.24, 2.45) is 0 Å². The SMILES string of the molecule is CO/C=C(/C(=O)OC)c1ccc(Cl)cc1C. The zero-order chi connectivity index (χ0) is 12.1. The molecule has 1 rings (SSSR count). The average Bonchev–Trinajstić information content (AvgIpc) is 2.26. The van der Waals surface area contributed by atoms with Gasteiger partial charge in [0, 0.05) is 5.02 Å². The summed E-state index contributed by atoms with van der Waals surface area (Å²) in [6.07, 6.45) is 1.36. The van der Waals surface area contributed by atoms with Gasteiger partial charge in [0.15, 0.2) is 0 Å². The Bertz CT molecular complexity index is 424. The molecule has 4 heteroatoms. The van der Waals surface area contributed by atoms with Crippen molar-refractivity contribution in [2.75, 3.05) is 14.2 Å². The zero-order valence-electron chi connectivity index (χ0n) is 9.41. The van der Waals surface area contributed by atoms with Crippen LogP contribution in [0.25, 0.3) is 5.57 Å². The molecule has 0 unspecified atom stereocenters. The molecule has 0 aromatic heterocycles. The molecule has 0 saturated heterocycles. The first kappa shape index (κ1) is 12.6. The Morgan fingerprint density at radius 1 is 1.38 bits per heavy atom. The Morgan fingerprint density at radius 3 is 2.56 bits per heavy atom. The number of esters is 1. The second kappa shape index (κ2) is 5.56. The predicted octanol–water partition coefficient (Wildman–Crippen LogP) is 2.81. The highest BCUT2D eigenvalue weighted by Gasteiger charge is 2.15. The van der Waals surface area contributed by atoms with Gasteiger partial charge in [-0.15, -0.1) is 0 Å². The monoisotopic (exact) mass is 240 g/mol. The molecule has 1 aromatic rings. The lowest BCUT2D eigenvalue weighted by atomic mass is 10.0. The second-order valence-electron chi connectivity index (χ2n) is 3.22. The fourth-order valence-electron chi connectivity index (χ4n) is 1.38. The lowest BCUT2D eigenvalue weighted by molar-refractivity contribution is -0.133. The summed E-state index contributed by atoms with van der Waals surface area (Å²) in [4.78, 5) is 11.5. The molecule has 0 radical (unpaired) electrons. The van der Waals surface area contributed by atoms with E-state index in [-0.39, 0.29) is 0 Å². The summed E-state index contributed by atoms with van der Waals surface area (Å²) >= 11 is 5.85. The lowest BCUT2D eigenvalue weighted by Gasteiger charge is -2.08. The van der Waals surface area contributed by atoms with E-state index in [1.54, 1.807) is 18.2 Å². The summed E-state index contributed by atoms with van der Waals surface area (Å²) in [5.41, 5.74) is 2.01. The smallest absolute Gasteiger partial charge is 0.341 e. The maximum Gasteiger partial charge on any atom is 0.341 e. The first-order valence-corrected chi connectivity index (χ1v) is 5.05. The van der Waals surface area contributed by atoms with Crippen molar-refractivity contribution < 1.29 is 14.3 Å². The molecule has 0 N–H and O–H groups in total. The number of hydrogen-bond acceptors (Lipinski definition) is 3. The molecule has 0 atom stereocenters. The van der Waals surface area contributed by atoms with Crippen molar-refractivity contribution in [1.82, 2.24) is 0 Å². The van der Waals surface area contributed by atoms with Crippen LogP contribution in [0, 0.1) is 6.92 Å². The van der Waals surface area contributed by atoms with E-state index in [0.717, 1.165) is 11.1 Å². The van der Waals surface area contributed by atoms with Gasteiger partial charge in [-0.05, 0) is 30.2 Å². The number of benzene rings is 1. The van der Waals surface area contributed by atoms with Crippen LogP contribution in [0.5, 0.6) is 0 Å². The van der Waals surface area contributed by atoms with E-state index in [0.29, 0.717) is 10.6 Å². The van der Waals surface area contributed by atoms with Crippen LogP contribution in [0.15, 0.2) is 24.5 Å². The number of rotatable bonds is 3. The highest BCUT2D eigenvalue weighted by molar-refractivity contribution is 6.30. The van der Waals surface area contributed by atoms with Gasteiger partial charge in [0.25, 0.3) is 0 Å². The third-order valence-electron chi connectivity index (χ3n) is 2.12. The Balaban J connectivity index is 3.22. The molecule has 0 aliphatic rings. The Morgan fingerprint density at radius 2 is 2.06 bits per heavy atom. The largest absolute Gasteiger partial charge is 0.503 e. The van der Waals surface area contributed by atoms with Crippen molar-refractivity contribution in [3.8, 4) is 0 Å². The molecular weight excluding hydrogens is 228 g/mol. The minimum atomic E-state index is -0.438. The van der Waals surface area contributed by atoms with Gasteiger partial charge >= 0.3 is 5.97 Å². The van der Waals surface area contributed by atoms with Crippen molar-refractivity contribution in [2.45, 2.75) is 6.92 Å². The topological polar surface area (TPSA) is 35.5 Å². The number of hydrogen-bond donors (Lipinski definition) is 0. The van der Waals surface area contributed by atoms with Crippen LogP contribution >= 0.6 is 11.6 Å². The van der Waals surface area contributed by atoms with E-state index < -0.39 is 5.97 Å². The van der Waals surface area contributed by atoms with Gasteiger partial charge in [-0.1, -0.05) is 17.7 Å². The van der Waals surface area contributed by atoms with E-state index in [2.05, 4.69) is 4.74 Å². The maximum atomic E-state index is 11.5. The molecule has 0 heterocycles. The fourth-order valence-corrected chi connectivity index (χ4v) is 1.61. The van der Waals surface area contributed by atoms with E-state index in [1.165, 1.54) is 20.5 Å². The quantitative estimate of drug-likeness (QED) is 0.463. The number of ether oxygens (including phenoxy) is 2. The molecule has 16 heavy (non-hydrogen) atoms. The number of carbonyl (C=O) groups excluding carboxylic acids is 1. The number of carbonyl (C=O) groups is 1. The molecule has 0 aliphatic heterocycles. The summed E-state index contributed by atoms with van der Waals surface area (Å²) in [6.45, 7) is 1.87. The highest BCUT2D eigenvalue weighted by Crippen LogP contribution is 2.23. The fraction of sp³-hybridized carbons (Fsp3) is 0.250. The lowest BCUT2D eigenvalue weighted by Crippen LogP contribution is -2.05. The average molecular weight is 241 g/mol. The summed E-state index contributed by atoms with van der Waals surface area (Å²) in [5.74, 6) is -0.438. The normalized spacial score (nSPS) is 11.1. The van der Waals surface area contributed by atoms with Gasteiger partial charge in [-0.3, -0.25) is 0 Å². The highest BCUT2D eigenvalue weighted by atomic mass is 35.5. The molecule has 0 bridgehead atoms. The molecule has 3 nitrogen and oxygen atoms in total. The van der Waals surface area contributed by atoms with Crippen molar-refractivity contribution in [1.29, 1.82) is 0 Å². The van der Waals surface area contributed by atoms with Crippen LogP contribution in [0.1, 0.15) is 11.1 Å². The standard InChI is InChI=1S/C12H13ClO3/c1-8-6-9(13)4-5-10(8)11(7-15-2)12(14)16-3/h4-7H,1-3H3/b11-7+. The Kier molecular flexibility index (Phi) is 4.38. The Hall–Kier alpha value is -1.48. The first-order valence-electron chi connectivity index (χ1n) is 4.68. The van der Waals surface area contributed by atoms with Gasteiger partial charge in [-0.2, -0.15) is 0 Å². The summed E-state index contributed by atoms with van der Waals surface area (Å²) in [5, 5.41) is 0.628. The van der Waals surface area contributed by atoms with Crippen molar-refractivity contribution in [3.05, 3.63) is 40.6 Å². The molecule has 0 fully saturated rings. The summed E-state index contributed by atoms with van der Waals surface area (Å²) in [7, 11) is 2.81. The van der Waals surface area contributed by atoms with Crippen LogP contribution in [0.2, 0.25) is 5.02 Å². The van der Waals surface area contributed by atoms with Crippen molar-refractivity contribution in [3.63, 3.8) is 0 Å². The summed E-state index contributed by atoms with van der Waals surface area (Å²) in [6, 6.07) is 5.26. The molecule has 0 aliphatic carbocycles. The minimum Gasteiger partial charge on any atom is -0.503 e. The van der Waals surface area contributed by atoms with Gasteiger partial charge in [0.1, 0.15) is 5.57 Å². The van der Waals surface area contributed by atoms with Gasteiger partial charge in [-0.25, -0.2) is 4.79 Å². The maximum absolute atomic E-state index is 11.5. The van der Waals surface area contributed by atoms with Gasteiger partial charge in [0.2, 0.25) is 0 Å². The van der Waals surface area contributed by atoms with E-state index >= 15 is 0 Å². The van der Waals surface area contributed by atoms with E-state index in [9.17, 15) is 4.79 Å². The predicted molar refractivity (Wildman–Crippen MR) is 63.2 cm³/mol. The van der Waals surface area contributed by atoms with Crippen LogP contribution in [0.4, 0.5) is 0 Å². The first-order chi connectivity index (χ1) is 7.60. The molecule has 1 aromatic carbocycles. The van der Waals surface area contributed by atoms with E-state index in [1.807, 2.05) is 6.92 Å². The van der Waals surface area contributed by atoms with Crippen LogP contribution < -0.4 is 0 Å². The van der Waals surface area contributed by atoms with Gasteiger partial charge < -0.3 is 9.47 Å². The van der Waals surface area contributed by atoms with Crippen LogP contribution in [-0.2, 0) is 14.3 Å². The molecule has 0 spiro atoms. The molecule has 86 valence electrons. The third kappa shape index (κ3) is 2.76. The van der Waals surface area contributed by atoms with E-state index in [4.69, 9.17) is 16.3 Å². The molecule has 0 saturated carbocycles. The van der Waals surface area contributed by atoms with Gasteiger partial charge in [0.05, 0.1) is 20.5 Å². The summed E-state index contributed by atoms with van der Waals surface area (Å²) < 4.78 is 9.56. The molecule has 0 amide bonds. The Labute approximate surface area is 99.6 Å². The number of methoxy groups -OCH3 is 2. The van der Waals surface area contributed by atoms with Crippen LogP contribution in [-0.4, -0.2) is 20.2 Å². The third-order valence-corrected chi connectivity index (χ3v) is 2.35. The van der Waals surface area contributed by atoms with Crippen molar-refractivity contribution >= 4 is 23.1 Å².